The number of β-amino-alcohol motifs (C(OH)–C–C–N with tert-alkyl or cyclic N) is 1. The first-order valence-electron chi connectivity index (χ1n) is 13.5. The molecule has 190 valence electrons. The van der Waals surface area contributed by atoms with E-state index >= 15 is 0 Å². The lowest BCUT2D eigenvalue weighted by molar-refractivity contribution is -0.0328. The van der Waals surface area contributed by atoms with Gasteiger partial charge in [0.15, 0.2) is 5.58 Å². The van der Waals surface area contributed by atoms with Crippen molar-refractivity contribution >= 4 is 11.0 Å². The number of likely N-dealkylation sites (tertiary alicyclic amines) is 1. The van der Waals surface area contributed by atoms with Gasteiger partial charge in [0.05, 0.1) is 17.9 Å². The Labute approximate surface area is 205 Å². The van der Waals surface area contributed by atoms with Crippen LogP contribution in [0.4, 0.5) is 0 Å². The summed E-state index contributed by atoms with van der Waals surface area (Å²) in [5.41, 5.74) is 2.62. The van der Waals surface area contributed by atoms with Crippen LogP contribution in [-0.2, 0) is 6.42 Å². The third kappa shape index (κ3) is 6.73. The van der Waals surface area contributed by atoms with E-state index in [0.717, 1.165) is 85.3 Å². The number of benzene rings is 1. The Balaban J connectivity index is 0.000000868. The molecule has 1 aromatic carbocycles. The predicted octanol–water partition coefficient (Wildman–Crippen LogP) is 5.10. The molecule has 5 rings (SSSR count). The smallest absolute Gasteiger partial charge is 0.173 e. The molecule has 2 saturated carbocycles. The highest BCUT2D eigenvalue weighted by molar-refractivity contribution is 5.84. The molecular formula is C28H45N3O3. The molecule has 0 unspecified atom stereocenters. The van der Waals surface area contributed by atoms with Gasteiger partial charge >= 0.3 is 0 Å². The maximum absolute atomic E-state index is 10.9. The highest BCUT2D eigenvalue weighted by Gasteiger charge is 2.32. The third-order valence-electron chi connectivity index (χ3n) is 7.88. The summed E-state index contributed by atoms with van der Waals surface area (Å²) in [6.45, 7) is 6.01. The maximum Gasteiger partial charge on any atom is 0.173 e. The zero-order valence-corrected chi connectivity index (χ0v) is 21.6. The lowest BCUT2D eigenvalue weighted by Crippen LogP contribution is -2.47. The van der Waals surface area contributed by atoms with Crippen LogP contribution < -0.4 is 10.1 Å². The highest BCUT2D eigenvalue weighted by Crippen LogP contribution is 2.34. The van der Waals surface area contributed by atoms with Gasteiger partial charge in [-0.3, -0.25) is 0 Å². The summed E-state index contributed by atoms with van der Waals surface area (Å²) in [6.07, 6.45) is 12.8. The molecule has 6 heteroatoms. The van der Waals surface area contributed by atoms with Crippen LogP contribution in [-0.4, -0.2) is 61.1 Å². The molecule has 2 heterocycles. The summed E-state index contributed by atoms with van der Waals surface area (Å²) >= 11 is 0. The molecule has 1 aromatic heterocycles. The van der Waals surface area contributed by atoms with Crippen LogP contribution in [0.3, 0.4) is 0 Å². The molecule has 2 aromatic rings. The number of rotatable bonds is 8. The van der Waals surface area contributed by atoms with Gasteiger partial charge in [0, 0.05) is 17.5 Å². The van der Waals surface area contributed by atoms with Gasteiger partial charge in [-0.1, -0.05) is 24.4 Å². The van der Waals surface area contributed by atoms with Gasteiger partial charge in [-0.25, -0.2) is 0 Å². The number of aryl methyl sites for hydroxylation is 2. The lowest BCUT2D eigenvalue weighted by Gasteiger charge is -2.40. The van der Waals surface area contributed by atoms with Crippen molar-refractivity contribution in [3.8, 4) is 5.75 Å². The molecule has 3 fully saturated rings. The normalized spacial score (nSPS) is 21.3. The van der Waals surface area contributed by atoms with E-state index in [1.54, 1.807) is 0 Å². The quantitative estimate of drug-likeness (QED) is 0.558. The monoisotopic (exact) mass is 471 g/mol. The van der Waals surface area contributed by atoms with Crippen molar-refractivity contribution in [2.24, 2.45) is 11.8 Å². The van der Waals surface area contributed by atoms with E-state index in [0.29, 0.717) is 0 Å². The lowest BCUT2D eigenvalue weighted by atomic mass is 9.83. The molecule has 0 radical (unpaired) electrons. The van der Waals surface area contributed by atoms with Crippen LogP contribution in [0.5, 0.6) is 5.75 Å². The van der Waals surface area contributed by atoms with Crippen LogP contribution in [0, 0.1) is 18.8 Å². The first-order valence-corrected chi connectivity index (χ1v) is 13.5. The Morgan fingerprint density at radius 1 is 1.09 bits per heavy atom. The second-order valence-corrected chi connectivity index (χ2v) is 11.0. The fraction of sp³-hybridized carbons (Fsp3) is 0.750. The van der Waals surface area contributed by atoms with E-state index in [1.807, 2.05) is 14.1 Å². The largest absolute Gasteiger partial charge is 0.493 e. The third-order valence-corrected chi connectivity index (χ3v) is 7.88. The number of aliphatic hydroxyl groups is 1. The molecule has 0 spiro atoms. The fourth-order valence-electron chi connectivity index (χ4n) is 5.56. The molecule has 0 atom stereocenters. The number of nitrogens with zero attached hydrogens (tertiary/aromatic N) is 2. The van der Waals surface area contributed by atoms with Crippen molar-refractivity contribution in [2.45, 2.75) is 83.2 Å². The van der Waals surface area contributed by atoms with Gasteiger partial charge in [0.2, 0.25) is 0 Å². The summed E-state index contributed by atoms with van der Waals surface area (Å²) in [7, 11) is 3.75. The molecule has 34 heavy (non-hydrogen) atoms. The Kier molecular flexibility index (Phi) is 8.89. The Bertz CT molecular complexity index is 894. The van der Waals surface area contributed by atoms with Gasteiger partial charge in [0.1, 0.15) is 5.75 Å². The van der Waals surface area contributed by atoms with E-state index in [-0.39, 0.29) is 0 Å². The number of fused-ring (bicyclic) bond motifs is 1. The first-order chi connectivity index (χ1) is 16.5. The summed E-state index contributed by atoms with van der Waals surface area (Å²) in [5, 5.41) is 19.2. The van der Waals surface area contributed by atoms with Gasteiger partial charge < -0.3 is 24.6 Å². The zero-order chi connectivity index (χ0) is 24.0. The number of hydrogen-bond donors (Lipinski definition) is 2. The van der Waals surface area contributed by atoms with Crippen LogP contribution >= 0.6 is 0 Å². The maximum atomic E-state index is 10.9. The van der Waals surface area contributed by atoms with Crippen LogP contribution in [0.1, 0.15) is 75.5 Å². The van der Waals surface area contributed by atoms with Gasteiger partial charge in [0.25, 0.3) is 0 Å². The second kappa shape index (κ2) is 11.9. The molecule has 2 aliphatic carbocycles. The van der Waals surface area contributed by atoms with Crippen molar-refractivity contribution in [1.29, 1.82) is 0 Å². The zero-order valence-electron chi connectivity index (χ0n) is 21.6. The number of aromatic nitrogens is 1. The predicted molar refractivity (Wildman–Crippen MR) is 137 cm³/mol. The van der Waals surface area contributed by atoms with Crippen molar-refractivity contribution in [1.82, 2.24) is 15.4 Å². The number of hydrogen-bond acceptors (Lipinski definition) is 6. The number of piperidine rings is 1. The topological polar surface area (TPSA) is 70.8 Å². The second-order valence-electron chi connectivity index (χ2n) is 11.0. The fourth-order valence-corrected chi connectivity index (χ4v) is 5.56. The molecule has 6 nitrogen and oxygen atoms in total. The Morgan fingerprint density at radius 2 is 1.79 bits per heavy atom. The van der Waals surface area contributed by atoms with Gasteiger partial charge in [-0.15, -0.1) is 0 Å². The minimum absolute atomic E-state index is 0.427. The average Bonchev–Trinajstić information content (AvgIpc) is 3.57. The molecule has 1 aliphatic heterocycles. The average molecular weight is 472 g/mol. The molecule has 0 amide bonds. The summed E-state index contributed by atoms with van der Waals surface area (Å²) in [4.78, 5) is 2.50. The van der Waals surface area contributed by atoms with E-state index in [2.05, 4.69) is 34.4 Å². The standard InChI is InChI=1S/C26H38N2O3.C2H7N/c1-19-24(30-17-21-5-6-21)10-8-22-23(27-31-25(19)22)9-7-20-11-15-28(16-12-20)18-26(29)13-3-2-4-14-26;1-3-2/h8,10,20-21,29H,2-7,9,11-18H2,1H3;3H,1-2H3. The van der Waals surface area contributed by atoms with Crippen LogP contribution in [0.15, 0.2) is 16.7 Å². The van der Waals surface area contributed by atoms with E-state index in [1.165, 1.54) is 51.4 Å². The summed E-state index contributed by atoms with van der Waals surface area (Å²) in [6, 6.07) is 4.22. The Hall–Kier alpha value is -1.63. The molecule has 0 bridgehead atoms. The highest BCUT2D eigenvalue weighted by atomic mass is 16.5. The minimum atomic E-state index is -0.427. The molecule has 2 N–H and O–H groups in total. The van der Waals surface area contributed by atoms with Crippen molar-refractivity contribution in [2.75, 3.05) is 40.3 Å². The number of nitrogens with one attached hydrogen (secondary N) is 1. The van der Waals surface area contributed by atoms with E-state index in [4.69, 9.17) is 9.26 Å². The van der Waals surface area contributed by atoms with Crippen molar-refractivity contribution < 1.29 is 14.4 Å². The Morgan fingerprint density at radius 3 is 2.47 bits per heavy atom. The summed E-state index contributed by atoms with van der Waals surface area (Å²) < 4.78 is 11.7. The van der Waals surface area contributed by atoms with Crippen LogP contribution in [0.2, 0.25) is 0 Å². The summed E-state index contributed by atoms with van der Waals surface area (Å²) in [5.74, 6) is 2.43. The van der Waals surface area contributed by atoms with Crippen molar-refractivity contribution in [3.05, 3.63) is 23.4 Å². The van der Waals surface area contributed by atoms with Gasteiger partial charge in [-0.05, 0) is 109 Å². The first kappa shape index (κ1) is 25.5. The van der Waals surface area contributed by atoms with Crippen molar-refractivity contribution in [3.63, 3.8) is 0 Å². The minimum Gasteiger partial charge on any atom is -0.493 e. The van der Waals surface area contributed by atoms with E-state index < -0.39 is 5.60 Å². The SMILES string of the molecule is CNC.Cc1c(OCC2CC2)ccc2c(CCC3CCN(CC4(O)CCCCC4)CC3)noc12. The molecular weight excluding hydrogens is 426 g/mol. The molecule has 1 saturated heterocycles. The number of ether oxygens (including phenoxy) is 1. The van der Waals surface area contributed by atoms with E-state index in [9.17, 15) is 5.11 Å². The van der Waals surface area contributed by atoms with Crippen LogP contribution in [0.25, 0.3) is 11.0 Å². The van der Waals surface area contributed by atoms with Gasteiger partial charge in [-0.2, -0.15) is 0 Å². The molecule has 3 aliphatic rings.